The van der Waals surface area contributed by atoms with E-state index in [0.717, 1.165) is 6.07 Å². The van der Waals surface area contributed by atoms with E-state index in [9.17, 15) is 32.3 Å². The van der Waals surface area contributed by atoms with Crippen LogP contribution >= 0.6 is 11.6 Å². The molecule has 2 N–H and O–H groups in total. The normalized spacial score (nSPS) is 15.3. The highest BCUT2D eigenvalue weighted by Crippen LogP contribution is 2.36. The van der Waals surface area contributed by atoms with Crippen molar-refractivity contribution in [3.05, 3.63) is 70.8 Å². The van der Waals surface area contributed by atoms with Crippen LogP contribution in [0.15, 0.2) is 59.6 Å². The van der Waals surface area contributed by atoms with Crippen molar-refractivity contribution < 1.29 is 37.1 Å². The minimum atomic E-state index is -4.79. The van der Waals surface area contributed by atoms with Gasteiger partial charge in [-0.25, -0.2) is 4.79 Å². The number of alkyl halides is 3. The van der Waals surface area contributed by atoms with E-state index in [-0.39, 0.29) is 17.4 Å². The number of hydrogen-bond donors (Lipinski definition) is 2. The zero-order chi connectivity index (χ0) is 28.7. The first kappa shape index (κ1) is 29.4. The Kier molecular flexibility index (Phi) is 9.47. The molecule has 13 heteroatoms. The third-order valence-corrected chi connectivity index (χ3v) is 5.69. The van der Waals surface area contributed by atoms with Crippen molar-refractivity contribution in [2.45, 2.75) is 26.1 Å². The molecule has 206 valence electrons. The summed E-state index contributed by atoms with van der Waals surface area (Å²) in [4.78, 5) is 54.9. The topological polar surface area (TPSA) is 117 Å². The Bertz CT molecular complexity index is 1340. The summed E-state index contributed by atoms with van der Waals surface area (Å²) in [5.74, 6) is -1.37. The number of fused-ring (bicyclic) bond motifs is 1. The first-order valence-corrected chi connectivity index (χ1v) is 11.9. The van der Waals surface area contributed by atoms with Gasteiger partial charge in [-0.1, -0.05) is 35.9 Å². The van der Waals surface area contributed by atoms with Crippen molar-refractivity contribution in [3.8, 4) is 0 Å². The summed E-state index contributed by atoms with van der Waals surface area (Å²) >= 11 is 5.66. The van der Waals surface area contributed by atoms with E-state index >= 15 is 0 Å². The Balaban J connectivity index is 1.76. The van der Waals surface area contributed by atoms with Gasteiger partial charge in [0.25, 0.3) is 5.91 Å². The van der Waals surface area contributed by atoms with Crippen LogP contribution in [0.2, 0.25) is 5.02 Å². The number of allylic oxidation sites excluding steroid dienone is 1. The largest absolute Gasteiger partial charge is 0.446 e. The standard InChI is InChI=1S/C26H24ClF3N4O5/c1-15(35)6-5-11-31-23(36)13-34-22-8-4-3-7-18(22)16(2)32-21(24(34)37)14-39-25(38)33-20-10-9-17(27)12-19(20)26(28,29)30/h3-10,12,21H,11,13-14H2,1-2H3,(H,31,36)(H,33,38)/b6-5+/t21-/m1/s1. The van der Waals surface area contributed by atoms with E-state index in [1.165, 1.54) is 30.0 Å². The smallest absolute Gasteiger partial charge is 0.418 e. The average Bonchev–Trinajstić information content (AvgIpc) is 2.96. The average molecular weight is 565 g/mol. The molecular weight excluding hydrogens is 541 g/mol. The summed E-state index contributed by atoms with van der Waals surface area (Å²) in [7, 11) is 0. The van der Waals surface area contributed by atoms with Crippen LogP contribution in [0.25, 0.3) is 0 Å². The molecule has 2 aromatic carbocycles. The Labute approximate surface area is 226 Å². The number of carbonyl (C=O) groups is 4. The molecule has 0 spiro atoms. The lowest BCUT2D eigenvalue weighted by atomic mass is 10.1. The van der Waals surface area contributed by atoms with E-state index in [4.69, 9.17) is 16.3 Å². The van der Waals surface area contributed by atoms with Crippen molar-refractivity contribution in [2.24, 2.45) is 4.99 Å². The number of hydrogen-bond acceptors (Lipinski definition) is 6. The highest BCUT2D eigenvalue weighted by Gasteiger charge is 2.35. The second-order valence-electron chi connectivity index (χ2n) is 8.40. The summed E-state index contributed by atoms with van der Waals surface area (Å²) < 4.78 is 45.1. The number of ketones is 1. The quantitative estimate of drug-likeness (QED) is 0.461. The Morgan fingerprint density at radius 2 is 1.90 bits per heavy atom. The van der Waals surface area contributed by atoms with Crippen LogP contribution in [-0.2, 0) is 25.3 Å². The van der Waals surface area contributed by atoms with Gasteiger partial charge >= 0.3 is 12.3 Å². The van der Waals surface area contributed by atoms with Crippen molar-refractivity contribution in [1.29, 1.82) is 0 Å². The van der Waals surface area contributed by atoms with Gasteiger partial charge in [-0.3, -0.25) is 24.7 Å². The third-order valence-electron chi connectivity index (χ3n) is 5.45. The minimum absolute atomic E-state index is 0.0644. The molecule has 0 saturated carbocycles. The number of carbonyl (C=O) groups excluding carboxylic acids is 4. The van der Waals surface area contributed by atoms with Crippen LogP contribution in [0, 0.1) is 0 Å². The Hall–Kier alpha value is -4.19. The number of amides is 3. The molecule has 0 radical (unpaired) electrons. The van der Waals surface area contributed by atoms with Gasteiger partial charge in [0.2, 0.25) is 5.91 Å². The van der Waals surface area contributed by atoms with Crippen molar-refractivity contribution in [3.63, 3.8) is 0 Å². The van der Waals surface area contributed by atoms with Gasteiger partial charge in [0.1, 0.15) is 13.2 Å². The van der Waals surface area contributed by atoms with Crippen LogP contribution in [0.5, 0.6) is 0 Å². The zero-order valence-corrected chi connectivity index (χ0v) is 21.6. The van der Waals surface area contributed by atoms with Gasteiger partial charge < -0.3 is 15.0 Å². The highest BCUT2D eigenvalue weighted by atomic mass is 35.5. The SMILES string of the molecule is CC(=O)/C=C/CNC(=O)CN1C(=O)[C@@H](COC(=O)Nc2ccc(Cl)cc2C(F)(F)F)N=C(C)c2ccccc21. The fourth-order valence-corrected chi connectivity index (χ4v) is 3.87. The fourth-order valence-electron chi connectivity index (χ4n) is 3.70. The van der Waals surface area contributed by atoms with Crippen LogP contribution in [0.4, 0.5) is 29.3 Å². The number of ether oxygens (including phenoxy) is 1. The van der Waals surface area contributed by atoms with E-state index in [0.29, 0.717) is 23.0 Å². The maximum absolute atomic E-state index is 13.4. The first-order valence-electron chi connectivity index (χ1n) is 11.6. The molecule has 1 atom stereocenters. The molecule has 0 aromatic heterocycles. The Morgan fingerprint density at radius 1 is 1.18 bits per heavy atom. The molecule has 0 unspecified atom stereocenters. The fraction of sp³-hybridized carbons (Fsp3) is 0.269. The summed E-state index contributed by atoms with van der Waals surface area (Å²) in [6, 6.07) is 8.27. The van der Waals surface area contributed by atoms with Crippen LogP contribution in [-0.4, -0.2) is 55.1 Å². The molecule has 2 aromatic rings. The van der Waals surface area contributed by atoms with Gasteiger partial charge in [0.05, 0.1) is 16.9 Å². The molecule has 3 amide bonds. The highest BCUT2D eigenvalue weighted by molar-refractivity contribution is 6.30. The van der Waals surface area contributed by atoms with Gasteiger partial charge in [0, 0.05) is 22.8 Å². The molecule has 39 heavy (non-hydrogen) atoms. The van der Waals surface area contributed by atoms with E-state index in [2.05, 4.69) is 10.3 Å². The summed E-state index contributed by atoms with van der Waals surface area (Å²) in [5.41, 5.74) is -0.345. The number of aliphatic imine (C=N–C) groups is 1. The summed E-state index contributed by atoms with van der Waals surface area (Å²) in [6.07, 6.45) is -3.27. The van der Waals surface area contributed by atoms with Gasteiger partial charge in [-0.2, -0.15) is 13.2 Å². The zero-order valence-electron chi connectivity index (χ0n) is 20.8. The molecule has 1 heterocycles. The van der Waals surface area contributed by atoms with Crippen LogP contribution < -0.4 is 15.5 Å². The predicted molar refractivity (Wildman–Crippen MR) is 139 cm³/mol. The second kappa shape index (κ2) is 12.6. The number of benzodiazepines with no additional fused rings is 1. The van der Waals surface area contributed by atoms with Gasteiger partial charge in [-0.05, 0) is 44.2 Å². The second-order valence-corrected chi connectivity index (χ2v) is 8.84. The van der Waals surface area contributed by atoms with Gasteiger partial charge in [0.15, 0.2) is 11.8 Å². The molecule has 1 aliphatic rings. The number of benzene rings is 2. The number of halogens is 4. The maximum atomic E-state index is 13.4. The molecular formula is C26H24ClF3N4O5. The Morgan fingerprint density at radius 3 is 2.59 bits per heavy atom. The lowest BCUT2D eigenvalue weighted by molar-refractivity contribution is -0.137. The van der Waals surface area contributed by atoms with Crippen LogP contribution in [0.1, 0.15) is 25.0 Å². The minimum Gasteiger partial charge on any atom is -0.446 e. The molecule has 3 rings (SSSR count). The molecule has 0 aliphatic carbocycles. The first-order chi connectivity index (χ1) is 18.4. The lowest BCUT2D eigenvalue weighted by Crippen LogP contribution is -2.46. The molecule has 0 saturated heterocycles. The van der Waals surface area contributed by atoms with E-state index in [1.54, 1.807) is 31.2 Å². The van der Waals surface area contributed by atoms with Crippen LogP contribution in [0.3, 0.4) is 0 Å². The van der Waals surface area contributed by atoms with Crippen molar-refractivity contribution in [2.75, 3.05) is 29.9 Å². The molecule has 1 aliphatic heterocycles. The number of para-hydroxylation sites is 1. The number of nitrogens with zero attached hydrogens (tertiary/aromatic N) is 2. The van der Waals surface area contributed by atoms with Gasteiger partial charge in [-0.15, -0.1) is 0 Å². The van der Waals surface area contributed by atoms with Crippen molar-refractivity contribution >= 4 is 52.4 Å². The summed E-state index contributed by atoms with van der Waals surface area (Å²) in [5, 5.41) is 4.42. The number of anilines is 2. The maximum Gasteiger partial charge on any atom is 0.418 e. The van der Waals surface area contributed by atoms with Crippen molar-refractivity contribution in [1.82, 2.24) is 5.32 Å². The summed E-state index contributed by atoms with van der Waals surface area (Å²) in [6.45, 7) is 2.06. The van der Waals surface area contributed by atoms with E-state index < -0.39 is 54.5 Å². The molecule has 9 nitrogen and oxygen atoms in total. The third kappa shape index (κ3) is 7.90. The number of rotatable bonds is 8. The molecule has 0 bridgehead atoms. The number of nitrogens with one attached hydrogen (secondary N) is 2. The lowest BCUT2D eigenvalue weighted by Gasteiger charge is -2.24. The molecule has 0 fully saturated rings. The monoisotopic (exact) mass is 564 g/mol. The predicted octanol–water partition coefficient (Wildman–Crippen LogP) is 4.39. The van der Waals surface area contributed by atoms with E-state index in [1.807, 2.05) is 5.32 Å².